The summed E-state index contributed by atoms with van der Waals surface area (Å²) in [6.45, 7) is 8.56. The number of rotatable bonds is 3. The number of piperidine rings is 1. The molecular formula is C17H22FNOSe. The van der Waals surface area contributed by atoms with Crippen LogP contribution >= 0.6 is 0 Å². The third-order valence-corrected chi connectivity index (χ3v) is 5.08. The van der Waals surface area contributed by atoms with E-state index in [1.807, 2.05) is 0 Å². The molecule has 0 bridgehead atoms. The molecule has 1 aliphatic rings. The molecule has 0 spiro atoms. The molecule has 1 saturated heterocycles. The molecule has 0 radical (unpaired) electrons. The molecule has 1 aliphatic heterocycles. The SMILES string of the molecule is CC1(C)CCCC(C)(C)N1C(=[Se])C(=O)c1ccccc1F. The average molecular weight is 354 g/mol. The molecule has 0 saturated carbocycles. The van der Waals surface area contributed by atoms with Crippen molar-refractivity contribution in [3.63, 3.8) is 0 Å². The summed E-state index contributed by atoms with van der Waals surface area (Å²) < 4.78 is 14.4. The van der Waals surface area contributed by atoms with Crippen LogP contribution in [-0.2, 0) is 0 Å². The molecular weight excluding hydrogens is 332 g/mol. The Morgan fingerprint density at radius 2 is 1.67 bits per heavy atom. The van der Waals surface area contributed by atoms with Crippen LogP contribution in [0.15, 0.2) is 24.3 Å². The van der Waals surface area contributed by atoms with Crippen molar-refractivity contribution in [2.75, 3.05) is 0 Å². The van der Waals surface area contributed by atoms with Gasteiger partial charge in [-0.3, -0.25) is 0 Å². The maximum atomic E-state index is 13.9. The summed E-state index contributed by atoms with van der Waals surface area (Å²) in [4.78, 5) is 14.8. The van der Waals surface area contributed by atoms with Gasteiger partial charge >= 0.3 is 134 Å². The monoisotopic (exact) mass is 355 g/mol. The first-order valence-electron chi connectivity index (χ1n) is 7.30. The van der Waals surface area contributed by atoms with Gasteiger partial charge in [0, 0.05) is 0 Å². The number of nitrogens with zero attached hydrogens (tertiary/aromatic N) is 1. The van der Waals surface area contributed by atoms with Crippen LogP contribution < -0.4 is 0 Å². The van der Waals surface area contributed by atoms with Crippen molar-refractivity contribution in [1.82, 2.24) is 4.90 Å². The van der Waals surface area contributed by atoms with Gasteiger partial charge in [-0.05, 0) is 0 Å². The normalized spacial score (nSPS) is 20.1. The molecule has 4 heteroatoms. The molecule has 0 aromatic heterocycles. The molecule has 0 N–H and O–H groups in total. The van der Waals surface area contributed by atoms with Gasteiger partial charge in [0.05, 0.1) is 0 Å². The van der Waals surface area contributed by atoms with E-state index < -0.39 is 5.82 Å². The Labute approximate surface area is 134 Å². The fourth-order valence-electron chi connectivity index (χ4n) is 3.41. The summed E-state index contributed by atoms with van der Waals surface area (Å²) in [5.74, 6) is -0.737. The standard InChI is InChI=1S/C17H22FNOSe/c1-16(2)10-7-11-17(3,4)19(16)15(21)14(20)12-8-5-6-9-13(12)18/h5-6,8-9H,7,10-11H2,1-4H3. The second-order valence-corrected chi connectivity index (χ2v) is 7.74. The number of halogens is 1. The number of hydrogen-bond donors (Lipinski definition) is 0. The van der Waals surface area contributed by atoms with Gasteiger partial charge in [-0.25, -0.2) is 0 Å². The molecule has 0 aliphatic carbocycles. The van der Waals surface area contributed by atoms with Gasteiger partial charge in [-0.2, -0.15) is 0 Å². The van der Waals surface area contributed by atoms with Crippen LogP contribution in [0.2, 0.25) is 0 Å². The summed E-state index contributed by atoms with van der Waals surface area (Å²) in [6.07, 6.45) is 3.18. The Morgan fingerprint density at radius 3 is 2.19 bits per heavy atom. The number of carbonyl (C=O) groups excluding carboxylic acids is 1. The van der Waals surface area contributed by atoms with E-state index in [0.717, 1.165) is 19.3 Å². The predicted molar refractivity (Wildman–Crippen MR) is 85.3 cm³/mol. The van der Waals surface area contributed by atoms with Gasteiger partial charge in [0.25, 0.3) is 0 Å². The van der Waals surface area contributed by atoms with Crippen molar-refractivity contribution in [3.05, 3.63) is 35.6 Å². The molecule has 1 fully saturated rings. The van der Waals surface area contributed by atoms with E-state index >= 15 is 0 Å². The van der Waals surface area contributed by atoms with E-state index in [1.54, 1.807) is 18.2 Å². The van der Waals surface area contributed by atoms with Gasteiger partial charge in [0.1, 0.15) is 0 Å². The van der Waals surface area contributed by atoms with E-state index in [0.29, 0.717) is 4.54 Å². The zero-order chi connectivity index (χ0) is 15.8. The zero-order valence-corrected chi connectivity index (χ0v) is 14.8. The molecule has 2 nitrogen and oxygen atoms in total. The van der Waals surface area contributed by atoms with Gasteiger partial charge in [0.15, 0.2) is 0 Å². The first-order chi connectivity index (χ1) is 9.67. The van der Waals surface area contributed by atoms with E-state index in [1.165, 1.54) is 6.07 Å². The van der Waals surface area contributed by atoms with Crippen LogP contribution in [0.3, 0.4) is 0 Å². The fourth-order valence-corrected chi connectivity index (χ4v) is 4.68. The number of carbonyl (C=O) groups is 1. The molecule has 2 rings (SSSR count). The second kappa shape index (κ2) is 5.66. The van der Waals surface area contributed by atoms with Crippen molar-refractivity contribution in [1.29, 1.82) is 0 Å². The Hall–Kier alpha value is -0.991. The van der Waals surface area contributed by atoms with Gasteiger partial charge in [-0.1, -0.05) is 0 Å². The first kappa shape index (κ1) is 16.4. The molecule has 21 heavy (non-hydrogen) atoms. The van der Waals surface area contributed by atoms with Gasteiger partial charge < -0.3 is 0 Å². The molecule has 0 amide bonds. The van der Waals surface area contributed by atoms with E-state index in [-0.39, 0.29) is 22.4 Å². The number of Topliss-reactive ketones (excluding diaryl/α,β-unsaturated/α-hetero) is 1. The first-order valence-corrected chi connectivity index (χ1v) is 8.16. The molecule has 1 aromatic rings. The third kappa shape index (κ3) is 3.12. The van der Waals surface area contributed by atoms with Gasteiger partial charge in [-0.15, -0.1) is 0 Å². The van der Waals surface area contributed by atoms with Crippen LogP contribution in [-0.4, -0.2) is 41.9 Å². The Bertz CT molecular complexity index is 564. The van der Waals surface area contributed by atoms with E-state index in [4.69, 9.17) is 0 Å². The van der Waals surface area contributed by atoms with Crippen molar-refractivity contribution in [2.24, 2.45) is 0 Å². The third-order valence-electron chi connectivity index (χ3n) is 4.30. The maximum absolute atomic E-state index is 13.9. The van der Waals surface area contributed by atoms with E-state index in [9.17, 15) is 9.18 Å². The minimum atomic E-state index is -0.470. The summed E-state index contributed by atoms with van der Waals surface area (Å²) in [5, 5.41) is 0. The Balaban J connectivity index is 2.38. The molecule has 1 aromatic carbocycles. The molecule has 1 heterocycles. The average Bonchev–Trinajstić information content (AvgIpc) is 2.36. The second-order valence-electron chi connectivity index (χ2n) is 6.93. The Morgan fingerprint density at radius 1 is 1.14 bits per heavy atom. The fraction of sp³-hybridized carbons (Fsp3) is 0.529. The molecule has 0 unspecified atom stereocenters. The van der Waals surface area contributed by atoms with Crippen LogP contribution in [0.25, 0.3) is 0 Å². The molecule has 114 valence electrons. The van der Waals surface area contributed by atoms with Crippen LogP contribution in [0.5, 0.6) is 0 Å². The van der Waals surface area contributed by atoms with Crippen LogP contribution in [0, 0.1) is 5.82 Å². The molecule has 0 atom stereocenters. The number of ketones is 1. The van der Waals surface area contributed by atoms with Gasteiger partial charge in [0.2, 0.25) is 0 Å². The number of likely N-dealkylation sites (tertiary alicyclic amines) is 1. The van der Waals surface area contributed by atoms with Crippen molar-refractivity contribution in [3.8, 4) is 0 Å². The van der Waals surface area contributed by atoms with E-state index in [2.05, 4.69) is 48.2 Å². The van der Waals surface area contributed by atoms with Crippen molar-refractivity contribution in [2.45, 2.75) is 58.0 Å². The quantitative estimate of drug-likeness (QED) is 0.613. The predicted octanol–water partition coefficient (Wildman–Crippen LogP) is 3.35. The number of hydrogen-bond acceptors (Lipinski definition) is 2. The summed E-state index contributed by atoms with van der Waals surface area (Å²) >= 11 is 2.91. The zero-order valence-electron chi connectivity index (χ0n) is 13.1. The number of benzene rings is 1. The summed E-state index contributed by atoms with van der Waals surface area (Å²) in [5.41, 5.74) is -0.115. The van der Waals surface area contributed by atoms with Crippen molar-refractivity contribution < 1.29 is 9.18 Å². The minimum absolute atomic E-state index is 0.122. The summed E-state index contributed by atoms with van der Waals surface area (Å²) in [7, 11) is 0. The van der Waals surface area contributed by atoms with Crippen LogP contribution in [0.1, 0.15) is 57.3 Å². The Kier molecular flexibility index (Phi) is 4.41. The summed E-state index contributed by atoms with van der Waals surface area (Å²) in [6, 6.07) is 6.15. The topological polar surface area (TPSA) is 20.3 Å². The van der Waals surface area contributed by atoms with Crippen LogP contribution in [0.4, 0.5) is 4.39 Å². The van der Waals surface area contributed by atoms with Crippen molar-refractivity contribution >= 4 is 25.9 Å².